The fraction of sp³-hybridized carbons (Fsp3) is 0.188. The third-order valence-electron chi connectivity index (χ3n) is 2.77. The molecule has 0 fully saturated rings. The van der Waals surface area contributed by atoms with Gasteiger partial charge in [-0.05, 0) is 36.8 Å². The van der Waals surface area contributed by atoms with Crippen LogP contribution in [0.1, 0.15) is 12.5 Å². The number of urea groups is 1. The first-order valence-corrected chi connectivity index (χ1v) is 7.07. The van der Waals surface area contributed by atoms with Gasteiger partial charge in [0.15, 0.2) is 0 Å². The summed E-state index contributed by atoms with van der Waals surface area (Å²) in [6, 6.07) is 14.3. The van der Waals surface area contributed by atoms with Gasteiger partial charge in [-0.2, -0.15) is 0 Å². The van der Waals surface area contributed by atoms with E-state index in [1.807, 2.05) is 37.3 Å². The minimum atomic E-state index is -0.265. The summed E-state index contributed by atoms with van der Waals surface area (Å²) >= 11 is 5.81. The molecule has 0 aliphatic rings. The highest BCUT2D eigenvalue weighted by Gasteiger charge is 2.03. The number of anilines is 1. The van der Waals surface area contributed by atoms with Gasteiger partial charge in [-0.15, -0.1) is 0 Å². The van der Waals surface area contributed by atoms with Crippen LogP contribution in [0.25, 0.3) is 0 Å². The van der Waals surface area contributed by atoms with E-state index in [2.05, 4.69) is 10.6 Å². The molecule has 2 N–H and O–H groups in total. The average Bonchev–Trinajstić information content (AvgIpc) is 2.47. The van der Waals surface area contributed by atoms with Crippen LogP contribution in [0.15, 0.2) is 48.5 Å². The van der Waals surface area contributed by atoms with Crippen molar-refractivity contribution in [1.29, 1.82) is 0 Å². The quantitative estimate of drug-likeness (QED) is 0.875. The van der Waals surface area contributed by atoms with Crippen molar-refractivity contribution in [1.82, 2.24) is 5.32 Å². The lowest BCUT2D eigenvalue weighted by molar-refractivity contribution is 0.251. The number of benzene rings is 2. The molecule has 0 bridgehead atoms. The number of halogens is 1. The van der Waals surface area contributed by atoms with Crippen LogP contribution in [-0.4, -0.2) is 12.6 Å². The first kappa shape index (κ1) is 15.2. The van der Waals surface area contributed by atoms with Crippen LogP contribution in [-0.2, 0) is 6.54 Å². The van der Waals surface area contributed by atoms with E-state index in [1.165, 1.54) is 0 Å². The lowest BCUT2D eigenvalue weighted by atomic mass is 10.2. The van der Waals surface area contributed by atoms with Crippen molar-refractivity contribution < 1.29 is 9.53 Å². The Labute approximate surface area is 129 Å². The summed E-state index contributed by atoms with van der Waals surface area (Å²) in [5.74, 6) is 0.730. The molecule has 0 spiro atoms. The molecule has 4 nitrogen and oxygen atoms in total. The molecule has 110 valence electrons. The molecular weight excluding hydrogens is 288 g/mol. The molecule has 2 aromatic carbocycles. The molecule has 5 heteroatoms. The van der Waals surface area contributed by atoms with Gasteiger partial charge < -0.3 is 15.4 Å². The zero-order chi connectivity index (χ0) is 15.1. The summed E-state index contributed by atoms with van der Waals surface area (Å²) in [6.45, 7) is 2.94. The molecule has 2 rings (SSSR count). The topological polar surface area (TPSA) is 50.4 Å². The van der Waals surface area contributed by atoms with Gasteiger partial charge in [-0.1, -0.05) is 29.8 Å². The Morgan fingerprint density at radius 3 is 2.67 bits per heavy atom. The highest BCUT2D eigenvalue weighted by molar-refractivity contribution is 6.30. The first-order chi connectivity index (χ1) is 10.2. The van der Waals surface area contributed by atoms with Crippen molar-refractivity contribution >= 4 is 23.3 Å². The normalized spacial score (nSPS) is 10.0. The molecule has 0 atom stereocenters. The second-order valence-corrected chi connectivity index (χ2v) is 4.83. The molecule has 0 saturated carbocycles. The van der Waals surface area contributed by atoms with E-state index in [0.29, 0.717) is 23.9 Å². The molecule has 2 aromatic rings. The summed E-state index contributed by atoms with van der Waals surface area (Å²) in [6.07, 6.45) is 0. The van der Waals surface area contributed by atoms with Gasteiger partial charge in [-0.25, -0.2) is 4.79 Å². The standard InChI is InChI=1S/C16H17ClN2O2/c1-2-21-15-5-3-4-14(10-15)19-16(20)18-11-12-6-8-13(17)9-7-12/h3-10H,2,11H2,1H3,(H2,18,19,20). The van der Waals surface area contributed by atoms with Crippen molar-refractivity contribution in [2.75, 3.05) is 11.9 Å². The number of amides is 2. The third kappa shape index (κ3) is 5.00. The highest BCUT2D eigenvalue weighted by atomic mass is 35.5. The van der Waals surface area contributed by atoms with E-state index in [0.717, 1.165) is 11.3 Å². The van der Waals surface area contributed by atoms with Crippen molar-refractivity contribution in [2.24, 2.45) is 0 Å². The zero-order valence-corrected chi connectivity index (χ0v) is 12.5. The smallest absolute Gasteiger partial charge is 0.319 e. The highest BCUT2D eigenvalue weighted by Crippen LogP contribution is 2.17. The third-order valence-corrected chi connectivity index (χ3v) is 3.02. The molecule has 0 saturated heterocycles. The minimum absolute atomic E-state index is 0.265. The van der Waals surface area contributed by atoms with E-state index in [-0.39, 0.29) is 6.03 Å². The Bertz CT molecular complexity index is 599. The van der Waals surface area contributed by atoms with Crippen LogP contribution in [0.3, 0.4) is 0 Å². The Morgan fingerprint density at radius 2 is 1.95 bits per heavy atom. The Hall–Kier alpha value is -2.20. The first-order valence-electron chi connectivity index (χ1n) is 6.69. The maximum absolute atomic E-state index is 11.8. The average molecular weight is 305 g/mol. The molecule has 21 heavy (non-hydrogen) atoms. The fourth-order valence-electron chi connectivity index (χ4n) is 1.79. The molecule has 0 aliphatic carbocycles. The molecular formula is C16H17ClN2O2. The summed E-state index contributed by atoms with van der Waals surface area (Å²) in [5, 5.41) is 6.23. The van der Waals surface area contributed by atoms with Gasteiger partial charge >= 0.3 is 6.03 Å². The van der Waals surface area contributed by atoms with E-state index >= 15 is 0 Å². The van der Waals surface area contributed by atoms with Gasteiger partial charge in [0.1, 0.15) is 5.75 Å². The van der Waals surface area contributed by atoms with E-state index in [1.54, 1.807) is 18.2 Å². The number of hydrogen-bond acceptors (Lipinski definition) is 2. The fourth-order valence-corrected chi connectivity index (χ4v) is 1.92. The molecule has 0 aromatic heterocycles. The number of carbonyl (C=O) groups is 1. The van der Waals surface area contributed by atoms with Crippen LogP contribution in [0, 0.1) is 0 Å². The van der Waals surface area contributed by atoms with Crippen molar-refractivity contribution in [3.63, 3.8) is 0 Å². The minimum Gasteiger partial charge on any atom is -0.494 e. The van der Waals surface area contributed by atoms with Crippen LogP contribution < -0.4 is 15.4 Å². The van der Waals surface area contributed by atoms with Crippen LogP contribution in [0.5, 0.6) is 5.75 Å². The molecule has 0 radical (unpaired) electrons. The monoisotopic (exact) mass is 304 g/mol. The zero-order valence-electron chi connectivity index (χ0n) is 11.7. The van der Waals surface area contributed by atoms with E-state index < -0.39 is 0 Å². The predicted octanol–water partition coefficient (Wildman–Crippen LogP) is 4.06. The summed E-state index contributed by atoms with van der Waals surface area (Å²) in [7, 11) is 0. The Morgan fingerprint density at radius 1 is 1.19 bits per heavy atom. The number of nitrogens with one attached hydrogen (secondary N) is 2. The molecule has 0 heterocycles. The van der Waals surface area contributed by atoms with Gasteiger partial charge in [0.25, 0.3) is 0 Å². The van der Waals surface area contributed by atoms with Gasteiger partial charge in [0.2, 0.25) is 0 Å². The summed E-state index contributed by atoms with van der Waals surface area (Å²) < 4.78 is 5.38. The maximum atomic E-state index is 11.8. The summed E-state index contributed by atoms with van der Waals surface area (Å²) in [4.78, 5) is 11.8. The predicted molar refractivity (Wildman–Crippen MR) is 84.9 cm³/mol. The molecule has 0 aliphatic heterocycles. The largest absolute Gasteiger partial charge is 0.494 e. The lowest BCUT2D eigenvalue weighted by Gasteiger charge is -2.09. The van der Waals surface area contributed by atoms with Crippen molar-refractivity contribution in [3.8, 4) is 5.75 Å². The van der Waals surface area contributed by atoms with E-state index in [4.69, 9.17) is 16.3 Å². The van der Waals surface area contributed by atoms with Gasteiger partial charge in [0, 0.05) is 23.3 Å². The molecule has 2 amide bonds. The molecule has 0 unspecified atom stereocenters. The van der Waals surface area contributed by atoms with Crippen LogP contribution in [0.4, 0.5) is 10.5 Å². The number of ether oxygens (including phenoxy) is 1. The van der Waals surface area contributed by atoms with E-state index in [9.17, 15) is 4.79 Å². The Balaban J connectivity index is 1.86. The number of carbonyl (C=O) groups excluding carboxylic acids is 1. The van der Waals surface area contributed by atoms with Gasteiger partial charge in [0.05, 0.1) is 6.61 Å². The second kappa shape index (κ2) is 7.55. The SMILES string of the molecule is CCOc1cccc(NC(=O)NCc2ccc(Cl)cc2)c1. The maximum Gasteiger partial charge on any atom is 0.319 e. The van der Waals surface area contributed by atoms with Crippen molar-refractivity contribution in [2.45, 2.75) is 13.5 Å². The number of rotatable bonds is 5. The van der Waals surface area contributed by atoms with Crippen molar-refractivity contribution in [3.05, 3.63) is 59.1 Å². The second-order valence-electron chi connectivity index (χ2n) is 4.39. The lowest BCUT2D eigenvalue weighted by Crippen LogP contribution is -2.28. The number of hydrogen-bond donors (Lipinski definition) is 2. The van der Waals surface area contributed by atoms with Crippen LogP contribution in [0.2, 0.25) is 5.02 Å². The van der Waals surface area contributed by atoms with Gasteiger partial charge in [-0.3, -0.25) is 0 Å². The Kier molecular flexibility index (Phi) is 5.46. The summed E-state index contributed by atoms with van der Waals surface area (Å²) in [5.41, 5.74) is 1.67. The van der Waals surface area contributed by atoms with Crippen LogP contribution >= 0.6 is 11.6 Å².